The first-order chi connectivity index (χ1) is 16.3. The van der Waals surface area contributed by atoms with E-state index >= 15 is 0 Å². The lowest BCUT2D eigenvalue weighted by Gasteiger charge is -2.11. The van der Waals surface area contributed by atoms with Crippen LogP contribution in [0.15, 0.2) is 72.1 Å². The van der Waals surface area contributed by atoms with Crippen LogP contribution >= 0.6 is 23.4 Å². The molecule has 2 aromatic carbocycles. The molecule has 2 aromatic heterocycles. The monoisotopic (exact) mass is 506 g/mol. The smallest absolute Gasteiger partial charge is 0.406 e. The van der Waals surface area contributed by atoms with E-state index in [0.717, 1.165) is 12.1 Å². The third-order valence-electron chi connectivity index (χ3n) is 4.26. The van der Waals surface area contributed by atoms with Gasteiger partial charge in [-0.1, -0.05) is 34.6 Å². The lowest BCUT2D eigenvalue weighted by molar-refractivity contribution is -0.274. The van der Waals surface area contributed by atoms with E-state index in [2.05, 4.69) is 30.3 Å². The maximum Gasteiger partial charge on any atom is 0.573 e. The number of ether oxygens (including phenoxy) is 1. The van der Waals surface area contributed by atoms with Crippen LogP contribution in [0.25, 0.3) is 5.69 Å². The molecular weight excluding hydrogens is 493 g/mol. The van der Waals surface area contributed by atoms with E-state index in [1.54, 1.807) is 42.7 Å². The number of amides is 1. The van der Waals surface area contributed by atoms with Gasteiger partial charge >= 0.3 is 6.36 Å². The van der Waals surface area contributed by atoms with Crippen LogP contribution in [-0.2, 0) is 5.75 Å². The molecule has 0 spiro atoms. The third kappa shape index (κ3) is 6.02. The van der Waals surface area contributed by atoms with Gasteiger partial charge in [0, 0.05) is 28.9 Å². The van der Waals surface area contributed by atoms with Gasteiger partial charge in [-0.15, -0.1) is 18.3 Å². The van der Waals surface area contributed by atoms with E-state index in [-0.39, 0.29) is 17.2 Å². The first-order valence-electron chi connectivity index (χ1n) is 9.56. The molecule has 0 aliphatic carbocycles. The molecule has 13 heteroatoms. The number of alkyl halides is 3. The van der Waals surface area contributed by atoms with E-state index in [9.17, 15) is 18.0 Å². The van der Waals surface area contributed by atoms with Gasteiger partial charge in [0.15, 0.2) is 10.9 Å². The molecule has 0 saturated carbocycles. The summed E-state index contributed by atoms with van der Waals surface area (Å²) in [5.74, 6) is -0.713. The predicted molar refractivity (Wildman–Crippen MR) is 119 cm³/mol. The molecule has 1 amide bonds. The molecular formula is C21H14ClF3N6O2S. The van der Waals surface area contributed by atoms with Crippen LogP contribution in [0.3, 0.4) is 0 Å². The number of aromatic nitrogens is 5. The minimum atomic E-state index is -4.81. The van der Waals surface area contributed by atoms with Crippen molar-refractivity contribution in [1.82, 2.24) is 25.0 Å². The van der Waals surface area contributed by atoms with Gasteiger partial charge in [-0.2, -0.15) is 0 Å². The average Bonchev–Trinajstić information content (AvgIpc) is 3.22. The van der Waals surface area contributed by atoms with Crippen LogP contribution in [-0.4, -0.2) is 37.2 Å². The Balaban J connectivity index is 1.64. The largest absolute Gasteiger partial charge is 0.573 e. The first kappa shape index (κ1) is 23.5. The van der Waals surface area contributed by atoms with E-state index in [1.165, 1.54) is 28.6 Å². The molecule has 4 aromatic rings. The first-order valence-corrected chi connectivity index (χ1v) is 10.9. The van der Waals surface area contributed by atoms with Crippen molar-refractivity contribution >= 4 is 35.0 Å². The van der Waals surface area contributed by atoms with Crippen molar-refractivity contribution in [2.45, 2.75) is 17.3 Å². The molecule has 0 unspecified atom stereocenters. The lowest BCUT2D eigenvalue weighted by atomic mass is 10.2. The van der Waals surface area contributed by atoms with Gasteiger partial charge in [-0.05, 0) is 48.5 Å². The zero-order chi connectivity index (χ0) is 24.1. The second-order valence-electron chi connectivity index (χ2n) is 6.62. The summed E-state index contributed by atoms with van der Waals surface area (Å²) in [6, 6.07) is 13.3. The van der Waals surface area contributed by atoms with Gasteiger partial charge in [-0.25, -0.2) is 14.6 Å². The number of nitrogens with one attached hydrogen (secondary N) is 1. The number of halogens is 4. The normalized spacial score (nSPS) is 11.3. The van der Waals surface area contributed by atoms with Crippen LogP contribution in [0, 0.1) is 0 Å². The van der Waals surface area contributed by atoms with Crippen LogP contribution in [0.2, 0.25) is 5.02 Å². The summed E-state index contributed by atoms with van der Waals surface area (Å²) >= 11 is 7.22. The Hall–Kier alpha value is -3.64. The molecule has 0 aliphatic rings. The number of benzene rings is 2. The number of nitrogens with zero attached hydrogens (tertiary/aromatic N) is 5. The van der Waals surface area contributed by atoms with Gasteiger partial charge in [0.25, 0.3) is 5.91 Å². The maximum atomic E-state index is 13.0. The van der Waals surface area contributed by atoms with Crippen molar-refractivity contribution in [1.29, 1.82) is 0 Å². The number of hydrogen-bond acceptors (Lipinski definition) is 7. The summed E-state index contributed by atoms with van der Waals surface area (Å²) < 4.78 is 42.7. The number of thioether (sulfide) groups is 1. The molecule has 174 valence electrons. The fraction of sp³-hybridized carbons (Fsp3) is 0.0952. The zero-order valence-electron chi connectivity index (χ0n) is 17.0. The number of rotatable bonds is 7. The Morgan fingerprint density at radius 2 is 1.82 bits per heavy atom. The van der Waals surface area contributed by atoms with Gasteiger partial charge in [0.05, 0.1) is 11.4 Å². The highest BCUT2D eigenvalue weighted by atomic mass is 35.5. The van der Waals surface area contributed by atoms with Crippen LogP contribution in [0.1, 0.15) is 16.2 Å². The summed E-state index contributed by atoms with van der Waals surface area (Å²) in [4.78, 5) is 21.2. The average molecular weight is 507 g/mol. The highest BCUT2D eigenvalue weighted by Crippen LogP contribution is 2.27. The predicted octanol–water partition coefficient (Wildman–Crippen LogP) is 5.15. The third-order valence-corrected chi connectivity index (χ3v) is 5.38. The van der Waals surface area contributed by atoms with Crippen molar-refractivity contribution in [3.05, 3.63) is 83.4 Å². The van der Waals surface area contributed by atoms with E-state index in [1.807, 2.05) is 0 Å². The Kier molecular flexibility index (Phi) is 6.98. The molecule has 0 fully saturated rings. The SMILES string of the molecule is O=C(Nc1cccc(Cl)c1)c1nnn(-c2ccc(OC(F)(F)F)cc2)c1CSc1ncccn1. The standard InChI is InChI=1S/C21H14ClF3N6O2S/c22-13-3-1-4-14(11-13)28-19(32)18-17(12-34-20-26-9-2-10-27-20)31(30-29-18)15-5-7-16(8-6-15)33-21(23,24)25/h1-11H,12H2,(H,28,32). The fourth-order valence-electron chi connectivity index (χ4n) is 2.85. The number of anilines is 1. The second kappa shape index (κ2) is 10.1. The molecule has 4 rings (SSSR count). The lowest BCUT2D eigenvalue weighted by Crippen LogP contribution is -2.17. The molecule has 34 heavy (non-hydrogen) atoms. The molecule has 0 bridgehead atoms. The topological polar surface area (TPSA) is 94.8 Å². The minimum absolute atomic E-state index is 0.0269. The molecule has 2 heterocycles. The van der Waals surface area contributed by atoms with E-state index in [0.29, 0.717) is 27.2 Å². The number of hydrogen-bond donors (Lipinski definition) is 1. The van der Waals surface area contributed by atoms with Gasteiger partial charge in [0.2, 0.25) is 0 Å². The minimum Gasteiger partial charge on any atom is -0.406 e. The van der Waals surface area contributed by atoms with Crippen LogP contribution in [0.5, 0.6) is 5.75 Å². The van der Waals surface area contributed by atoms with Crippen molar-refractivity contribution in [3.8, 4) is 11.4 Å². The van der Waals surface area contributed by atoms with Crippen molar-refractivity contribution in [2.24, 2.45) is 0 Å². The number of carbonyl (C=O) groups is 1. The van der Waals surface area contributed by atoms with Crippen molar-refractivity contribution in [3.63, 3.8) is 0 Å². The van der Waals surface area contributed by atoms with Crippen LogP contribution in [0.4, 0.5) is 18.9 Å². The van der Waals surface area contributed by atoms with E-state index in [4.69, 9.17) is 11.6 Å². The van der Waals surface area contributed by atoms with Crippen molar-refractivity contribution < 1.29 is 22.7 Å². The molecule has 0 aliphatic heterocycles. The highest BCUT2D eigenvalue weighted by molar-refractivity contribution is 7.98. The van der Waals surface area contributed by atoms with Crippen LogP contribution < -0.4 is 10.1 Å². The molecule has 0 saturated heterocycles. The second-order valence-corrected chi connectivity index (χ2v) is 8.00. The Morgan fingerprint density at radius 3 is 2.50 bits per heavy atom. The maximum absolute atomic E-state index is 13.0. The fourth-order valence-corrected chi connectivity index (χ4v) is 3.84. The summed E-state index contributed by atoms with van der Waals surface area (Å²) in [5.41, 5.74) is 1.26. The van der Waals surface area contributed by atoms with Gasteiger partial charge < -0.3 is 10.1 Å². The van der Waals surface area contributed by atoms with Gasteiger partial charge in [-0.3, -0.25) is 4.79 Å². The molecule has 0 radical (unpaired) electrons. The highest BCUT2D eigenvalue weighted by Gasteiger charge is 2.31. The Bertz CT molecular complexity index is 1290. The molecule has 1 N–H and O–H groups in total. The quantitative estimate of drug-likeness (QED) is 0.273. The Labute approximate surface area is 200 Å². The zero-order valence-corrected chi connectivity index (χ0v) is 18.6. The van der Waals surface area contributed by atoms with Gasteiger partial charge in [0.1, 0.15) is 5.75 Å². The molecule has 0 atom stereocenters. The van der Waals surface area contributed by atoms with E-state index < -0.39 is 12.3 Å². The summed E-state index contributed by atoms with van der Waals surface area (Å²) in [5, 5.41) is 11.7. The Morgan fingerprint density at radius 1 is 1.09 bits per heavy atom. The summed E-state index contributed by atoms with van der Waals surface area (Å²) in [6.07, 6.45) is -1.65. The molecule has 8 nitrogen and oxygen atoms in total. The summed E-state index contributed by atoms with van der Waals surface area (Å²) in [7, 11) is 0. The van der Waals surface area contributed by atoms with Crippen molar-refractivity contribution in [2.75, 3.05) is 5.32 Å². The number of carbonyl (C=O) groups excluding carboxylic acids is 1. The summed E-state index contributed by atoms with van der Waals surface area (Å²) in [6.45, 7) is 0.